The highest BCUT2D eigenvalue weighted by atomic mass is 16.4. The molecule has 0 radical (unpaired) electrons. The smallest absolute Gasteiger partial charge is 0.339 e. The molecular formula is C8H10O3. The second kappa shape index (κ2) is 4.33. The van der Waals surface area contributed by atoms with E-state index >= 15 is 0 Å². The fourth-order valence-corrected chi connectivity index (χ4v) is 0.543. The van der Waals surface area contributed by atoms with Crippen molar-refractivity contribution in [1.82, 2.24) is 0 Å². The van der Waals surface area contributed by atoms with Crippen LogP contribution in [0.15, 0.2) is 36.1 Å². The molecule has 0 bridgehead atoms. The van der Waals surface area contributed by atoms with Crippen LogP contribution >= 0.6 is 0 Å². The van der Waals surface area contributed by atoms with E-state index in [1.54, 1.807) is 6.92 Å². The fraction of sp³-hybridized carbons (Fsp3) is 0.125. The van der Waals surface area contributed by atoms with Gasteiger partial charge in [0.2, 0.25) is 0 Å². The van der Waals surface area contributed by atoms with Gasteiger partial charge in [0.15, 0.2) is 0 Å². The Balaban J connectivity index is 4.87. The molecule has 0 aliphatic heterocycles. The van der Waals surface area contributed by atoms with Gasteiger partial charge < -0.3 is 10.2 Å². The SMILES string of the molecule is C=C/C(O)=C(\C=C/C)C(=O)O. The third kappa shape index (κ3) is 2.71. The van der Waals surface area contributed by atoms with Gasteiger partial charge in [-0.25, -0.2) is 4.79 Å². The topological polar surface area (TPSA) is 57.5 Å². The first-order valence-electron chi connectivity index (χ1n) is 3.05. The molecule has 0 fully saturated rings. The summed E-state index contributed by atoms with van der Waals surface area (Å²) in [6.45, 7) is 4.91. The molecule has 0 aliphatic carbocycles. The maximum absolute atomic E-state index is 10.4. The van der Waals surface area contributed by atoms with Gasteiger partial charge in [0.25, 0.3) is 0 Å². The van der Waals surface area contributed by atoms with Gasteiger partial charge in [0, 0.05) is 0 Å². The molecule has 0 unspecified atom stereocenters. The fourth-order valence-electron chi connectivity index (χ4n) is 0.543. The molecule has 0 rings (SSSR count). The van der Waals surface area contributed by atoms with Crippen LogP contribution in [0.25, 0.3) is 0 Å². The molecule has 0 saturated carbocycles. The van der Waals surface area contributed by atoms with Crippen LogP contribution in [0, 0.1) is 0 Å². The molecule has 3 heteroatoms. The number of carboxylic acid groups (broad SMARTS) is 1. The van der Waals surface area contributed by atoms with Gasteiger partial charge in [-0.3, -0.25) is 0 Å². The number of carbonyl (C=O) groups is 1. The van der Waals surface area contributed by atoms with E-state index in [4.69, 9.17) is 10.2 Å². The van der Waals surface area contributed by atoms with Gasteiger partial charge in [0.1, 0.15) is 11.3 Å². The standard InChI is InChI=1S/C8H10O3/c1-3-5-6(8(10)11)7(9)4-2/h3-5,9H,2H2,1H3,(H,10,11)/b5-3-,7-6-. The Morgan fingerprint density at radius 1 is 1.45 bits per heavy atom. The van der Waals surface area contributed by atoms with E-state index in [1.807, 2.05) is 0 Å². The first-order valence-corrected chi connectivity index (χ1v) is 3.05. The zero-order chi connectivity index (χ0) is 8.85. The minimum absolute atomic E-state index is 0.150. The van der Waals surface area contributed by atoms with Crippen LogP contribution in [0.4, 0.5) is 0 Å². The number of allylic oxidation sites excluding steroid dienone is 2. The van der Waals surface area contributed by atoms with Crippen molar-refractivity contribution >= 4 is 5.97 Å². The van der Waals surface area contributed by atoms with Crippen LogP contribution in [0.1, 0.15) is 6.92 Å². The maximum atomic E-state index is 10.4. The van der Waals surface area contributed by atoms with Gasteiger partial charge in [-0.1, -0.05) is 12.7 Å². The summed E-state index contributed by atoms with van der Waals surface area (Å²) in [5, 5.41) is 17.4. The molecule has 0 heterocycles. The van der Waals surface area contributed by atoms with Gasteiger partial charge in [-0.05, 0) is 19.1 Å². The molecule has 0 aromatic heterocycles. The molecule has 0 spiro atoms. The number of aliphatic hydroxyl groups is 1. The molecule has 0 aliphatic rings. The van der Waals surface area contributed by atoms with E-state index < -0.39 is 5.97 Å². The largest absolute Gasteiger partial charge is 0.507 e. The van der Waals surface area contributed by atoms with E-state index in [-0.39, 0.29) is 11.3 Å². The second-order valence-corrected chi connectivity index (χ2v) is 1.81. The Labute approximate surface area is 65.0 Å². The number of carboxylic acids is 1. The second-order valence-electron chi connectivity index (χ2n) is 1.81. The molecule has 0 aromatic carbocycles. The molecule has 0 amide bonds. The Morgan fingerprint density at radius 2 is 2.00 bits per heavy atom. The number of hydrogen-bond donors (Lipinski definition) is 2. The Bertz CT molecular complexity index is 223. The molecule has 0 atom stereocenters. The summed E-state index contributed by atoms with van der Waals surface area (Å²) in [4.78, 5) is 10.4. The summed E-state index contributed by atoms with van der Waals surface area (Å²) in [7, 11) is 0. The number of rotatable bonds is 3. The van der Waals surface area contributed by atoms with Gasteiger partial charge in [0.05, 0.1) is 0 Å². The third-order valence-electron chi connectivity index (χ3n) is 1.03. The Kier molecular flexibility index (Phi) is 3.73. The van der Waals surface area contributed by atoms with Gasteiger partial charge in [-0.15, -0.1) is 0 Å². The predicted octanol–water partition coefficient (Wildman–Crippen LogP) is 1.65. The molecule has 0 saturated heterocycles. The first-order chi connectivity index (χ1) is 5.13. The molecule has 3 nitrogen and oxygen atoms in total. The van der Waals surface area contributed by atoms with Gasteiger partial charge in [-0.2, -0.15) is 0 Å². The van der Waals surface area contributed by atoms with E-state index in [0.717, 1.165) is 6.08 Å². The van der Waals surface area contributed by atoms with Crippen molar-refractivity contribution in [1.29, 1.82) is 0 Å². The lowest BCUT2D eigenvalue weighted by Crippen LogP contribution is -2.00. The van der Waals surface area contributed by atoms with Crippen molar-refractivity contribution in [3.8, 4) is 0 Å². The van der Waals surface area contributed by atoms with E-state index in [9.17, 15) is 4.79 Å². The summed E-state index contributed by atoms with van der Waals surface area (Å²) >= 11 is 0. The van der Waals surface area contributed by atoms with E-state index in [1.165, 1.54) is 12.2 Å². The minimum Gasteiger partial charge on any atom is -0.507 e. The van der Waals surface area contributed by atoms with E-state index in [2.05, 4.69) is 6.58 Å². The summed E-state index contributed by atoms with van der Waals surface area (Å²) in [6, 6.07) is 0. The van der Waals surface area contributed by atoms with Crippen LogP contribution in [0.3, 0.4) is 0 Å². The highest BCUT2D eigenvalue weighted by Crippen LogP contribution is 2.04. The lowest BCUT2D eigenvalue weighted by Gasteiger charge is -1.95. The lowest BCUT2D eigenvalue weighted by molar-refractivity contribution is -0.132. The van der Waals surface area contributed by atoms with Gasteiger partial charge >= 0.3 is 5.97 Å². The quantitative estimate of drug-likeness (QED) is 0.369. The van der Waals surface area contributed by atoms with Crippen molar-refractivity contribution in [3.63, 3.8) is 0 Å². The first kappa shape index (κ1) is 9.49. The average Bonchev–Trinajstić information content (AvgIpc) is 1.98. The molecule has 0 aromatic rings. The van der Waals surface area contributed by atoms with Crippen LogP contribution in [-0.2, 0) is 4.79 Å². The highest BCUT2D eigenvalue weighted by Gasteiger charge is 2.06. The molecule has 2 N–H and O–H groups in total. The lowest BCUT2D eigenvalue weighted by atomic mass is 10.2. The minimum atomic E-state index is -1.17. The highest BCUT2D eigenvalue weighted by molar-refractivity contribution is 5.90. The van der Waals surface area contributed by atoms with Crippen molar-refractivity contribution in [2.24, 2.45) is 0 Å². The zero-order valence-corrected chi connectivity index (χ0v) is 6.24. The maximum Gasteiger partial charge on any atom is 0.339 e. The summed E-state index contributed by atoms with van der Waals surface area (Å²) in [6.07, 6.45) is 3.92. The van der Waals surface area contributed by atoms with Crippen LogP contribution < -0.4 is 0 Å². The predicted molar refractivity (Wildman–Crippen MR) is 42.3 cm³/mol. The zero-order valence-electron chi connectivity index (χ0n) is 6.24. The molecule has 11 heavy (non-hydrogen) atoms. The Hall–Kier alpha value is -1.51. The third-order valence-corrected chi connectivity index (χ3v) is 1.03. The monoisotopic (exact) mass is 154 g/mol. The van der Waals surface area contributed by atoms with Crippen LogP contribution in [0.2, 0.25) is 0 Å². The number of aliphatic hydroxyl groups excluding tert-OH is 1. The van der Waals surface area contributed by atoms with Crippen LogP contribution in [-0.4, -0.2) is 16.2 Å². The van der Waals surface area contributed by atoms with Crippen molar-refractivity contribution in [2.45, 2.75) is 6.92 Å². The van der Waals surface area contributed by atoms with E-state index in [0.29, 0.717) is 0 Å². The number of hydrogen-bond acceptors (Lipinski definition) is 2. The van der Waals surface area contributed by atoms with Crippen molar-refractivity contribution < 1.29 is 15.0 Å². The molecular weight excluding hydrogens is 144 g/mol. The van der Waals surface area contributed by atoms with Crippen molar-refractivity contribution in [2.75, 3.05) is 0 Å². The summed E-state index contributed by atoms with van der Waals surface area (Å²) in [5.41, 5.74) is -0.150. The Morgan fingerprint density at radius 3 is 2.27 bits per heavy atom. The number of aliphatic carboxylic acids is 1. The van der Waals surface area contributed by atoms with Crippen molar-refractivity contribution in [3.05, 3.63) is 36.1 Å². The summed E-state index contributed by atoms with van der Waals surface area (Å²) < 4.78 is 0. The van der Waals surface area contributed by atoms with Crippen LogP contribution in [0.5, 0.6) is 0 Å². The molecule has 60 valence electrons. The average molecular weight is 154 g/mol. The normalized spacial score (nSPS) is 12.8. The summed E-state index contributed by atoms with van der Waals surface area (Å²) in [5.74, 6) is -1.49.